The number of thioether (sulfide) groups is 1. The molecule has 1 aromatic rings. The number of carbonyl (C=O) groups excluding carboxylic acids is 1. The van der Waals surface area contributed by atoms with E-state index in [2.05, 4.69) is 5.32 Å². The molecule has 4 nitrogen and oxygen atoms in total. The molecule has 0 radical (unpaired) electrons. The van der Waals surface area contributed by atoms with Crippen LogP contribution in [0.5, 0.6) is 0 Å². The van der Waals surface area contributed by atoms with Crippen LogP contribution in [-0.2, 0) is 4.79 Å². The van der Waals surface area contributed by atoms with Gasteiger partial charge in [0, 0.05) is 24.1 Å². The highest BCUT2D eigenvalue weighted by Crippen LogP contribution is 2.21. The van der Waals surface area contributed by atoms with Gasteiger partial charge in [-0.3, -0.25) is 4.79 Å². The molecule has 16 heavy (non-hydrogen) atoms. The largest absolute Gasteiger partial charge is 0.478 e. The monoisotopic (exact) mass is 239 g/mol. The molecule has 0 saturated heterocycles. The number of carbonyl (C=O) groups is 2. The first kappa shape index (κ1) is 12.6. The highest BCUT2D eigenvalue weighted by Gasteiger charge is 2.08. The Morgan fingerprint density at radius 1 is 1.38 bits per heavy atom. The molecule has 0 atom stereocenters. The second-order valence-electron chi connectivity index (χ2n) is 3.13. The van der Waals surface area contributed by atoms with Gasteiger partial charge in [-0.1, -0.05) is 12.1 Å². The van der Waals surface area contributed by atoms with Crippen molar-refractivity contribution in [2.45, 2.75) is 11.8 Å². The van der Waals surface area contributed by atoms with Gasteiger partial charge in [0.05, 0.1) is 5.56 Å². The van der Waals surface area contributed by atoms with E-state index in [-0.39, 0.29) is 5.91 Å². The van der Waals surface area contributed by atoms with Crippen molar-refractivity contribution < 1.29 is 14.7 Å². The highest BCUT2D eigenvalue weighted by molar-refractivity contribution is 7.99. The maximum Gasteiger partial charge on any atom is 0.336 e. The van der Waals surface area contributed by atoms with Crippen molar-refractivity contribution in [3.63, 3.8) is 0 Å². The fourth-order valence-corrected chi connectivity index (χ4v) is 2.07. The standard InChI is InChI=1S/C11H13NO3S/c1-8(13)12-6-7-16-10-5-3-2-4-9(10)11(14)15/h2-5H,6-7H2,1H3,(H,12,13)(H,14,15). The van der Waals surface area contributed by atoms with E-state index < -0.39 is 5.97 Å². The molecule has 0 spiro atoms. The predicted octanol–water partition coefficient (Wildman–Crippen LogP) is 1.61. The number of hydrogen-bond donors (Lipinski definition) is 2. The van der Waals surface area contributed by atoms with Gasteiger partial charge >= 0.3 is 5.97 Å². The van der Waals surface area contributed by atoms with Crippen LogP contribution < -0.4 is 5.32 Å². The average Bonchev–Trinajstić information content (AvgIpc) is 2.24. The molecule has 1 aromatic carbocycles. The minimum absolute atomic E-state index is 0.0767. The molecule has 86 valence electrons. The van der Waals surface area contributed by atoms with Crippen molar-refractivity contribution in [3.8, 4) is 0 Å². The molecule has 0 heterocycles. The number of aromatic carboxylic acids is 1. The third kappa shape index (κ3) is 3.94. The Kier molecular flexibility index (Phi) is 4.85. The van der Waals surface area contributed by atoms with Crippen molar-refractivity contribution in [2.75, 3.05) is 12.3 Å². The lowest BCUT2D eigenvalue weighted by Gasteiger charge is -2.05. The Bertz CT molecular complexity index is 393. The second-order valence-corrected chi connectivity index (χ2v) is 4.27. The van der Waals surface area contributed by atoms with Gasteiger partial charge in [-0.25, -0.2) is 4.79 Å². The quantitative estimate of drug-likeness (QED) is 0.605. The fraction of sp³-hybridized carbons (Fsp3) is 0.273. The maximum atomic E-state index is 10.9. The van der Waals surface area contributed by atoms with Gasteiger partial charge in [-0.15, -0.1) is 11.8 Å². The number of carboxylic acid groups (broad SMARTS) is 1. The summed E-state index contributed by atoms with van der Waals surface area (Å²) >= 11 is 1.42. The third-order valence-corrected chi connectivity index (χ3v) is 2.93. The molecule has 5 heteroatoms. The van der Waals surface area contributed by atoms with Gasteiger partial charge in [-0.05, 0) is 12.1 Å². The lowest BCUT2D eigenvalue weighted by atomic mass is 10.2. The summed E-state index contributed by atoms with van der Waals surface area (Å²) in [5.41, 5.74) is 0.301. The summed E-state index contributed by atoms with van der Waals surface area (Å²) in [4.78, 5) is 22.2. The summed E-state index contributed by atoms with van der Waals surface area (Å²) in [5.74, 6) is -0.348. The van der Waals surface area contributed by atoms with Crippen LogP contribution in [0.4, 0.5) is 0 Å². The van der Waals surface area contributed by atoms with E-state index in [0.717, 1.165) is 4.90 Å². The lowest BCUT2D eigenvalue weighted by molar-refractivity contribution is -0.118. The minimum Gasteiger partial charge on any atom is -0.478 e. The third-order valence-electron chi connectivity index (χ3n) is 1.85. The first-order chi connectivity index (χ1) is 7.61. The number of hydrogen-bond acceptors (Lipinski definition) is 3. The van der Waals surface area contributed by atoms with Gasteiger partial charge in [0.15, 0.2) is 0 Å². The van der Waals surface area contributed by atoms with Crippen LogP contribution in [-0.4, -0.2) is 29.3 Å². The number of benzene rings is 1. The molecular formula is C11H13NO3S. The lowest BCUT2D eigenvalue weighted by Crippen LogP contribution is -2.22. The first-order valence-electron chi connectivity index (χ1n) is 4.81. The predicted molar refractivity (Wildman–Crippen MR) is 62.8 cm³/mol. The minimum atomic E-state index is -0.928. The van der Waals surface area contributed by atoms with Crippen molar-refractivity contribution in [2.24, 2.45) is 0 Å². The van der Waals surface area contributed by atoms with Crippen molar-refractivity contribution in [3.05, 3.63) is 29.8 Å². The summed E-state index contributed by atoms with van der Waals surface area (Å²) in [6, 6.07) is 6.83. The van der Waals surface area contributed by atoms with Crippen molar-refractivity contribution >= 4 is 23.6 Å². The molecule has 0 aromatic heterocycles. The van der Waals surface area contributed by atoms with Crippen molar-refractivity contribution in [1.29, 1.82) is 0 Å². The van der Waals surface area contributed by atoms with Crippen LogP contribution in [0.3, 0.4) is 0 Å². The van der Waals surface area contributed by atoms with E-state index in [1.54, 1.807) is 24.3 Å². The smallest absolute Gasteiger partial charge is 0.336 e. The Balaban J connectivity index is 2.53. The molecule has 0 aliphatic rings. The van der Waals surface area contributed by atoms with E-state index in [1.165, 1.54) is 18.7 Å². The summed E-state index contributed by atoms with van der Waals surface area (Å²) in [6.07, 6.45) is 0. The average molecular weight is 239 g/mol. The SMILES string of the molecule is CC(=O)NCCSc1ccccc1C(=O)O. The molecule has 0 unspecified atom stereocenters. The van der Waals surface area contributed by atoms with Crippen LogP contribution in [0.2, 0.25) is 0 Å². The first-order valence-corrected chi connectivity index (χ1v) is 5.79. The van der Waals surface area contributed by atoms with Gasteiger partial charge < -0.3 is 10.4 Å². The van der Waals surface area contributed by atoms with Gasteiger partial charge in [-0.2, -0.15) is 0 Å². The summed E-state index contributed by atoms with van der Waals surface area (Å²) in [6.45, 7) is 1.99. The Labute approximate surface area is 98.0 Å². The zero-order chi connectivity index (χ0) is 12.0. The van der Waals surface area contributed by atoms with E-state index in [0.29, 0.717) is 17.9 Å². The highest BCUT2D eigenvalue weighted by atomic mass is 32.2. The summed E-state index contributed by atoms with van der Waals surface area (Å²) in [5, 5.41) is 11.6. The molecule has 0 aliphatic carbocycles. The summed E-state index contributed by atoms with van der Waals surface area (Å²) < 4.78 is 0. The van der Waals surface area contributed by atoms with Gasteiger partial charge in [0.2, 0.25) is 5.91 Å². The Hall–Kier alpha value is -1.49. The van der Waals surface area contributed by atoms with E-state index in [4.69, 9.17) is 5.11 Å². The fourth-order valence-electron chi connectivity index (χ4n) is 1.16. The zero-order valence-electron chi connectivity index (χ0n) is 8.90. The van der Waals surface area contributed by atoms with Crippen LogP contribution in [0.15, 0.2) is 29.2 Å². The van der Waals surface area contributed by atoms with Crippen LogP contribution in [0, 0.1) is 0 Å². The van der Waals surface area contributed by atoms with E-state index in [9.17, 15) is 9.59 Å². The maximum absolute atomic E-state index is 10.9. The molecule has 2 N–H and O–H groups in total. The number of amides is 1. The molecule has 0 saturated carbocycles. The van der Waals surface area contributed by atoms with Gasteiger partial charge in [0.1, 0.15) is 0 Å². The molecular weight excluding hydrogens is 226 g/mol. The number of rotatable bonds is 5. The normalized spacial score (nSPS) is 9.81. The van der Waals surface area contributed by atoms with Crippen LogP contribution in [0.25, 0.3) is 0 Å². The molecule has 0 bridgehead atoms. The van der Waals surface area contributed by atoms with E-state index >= 15 is 0 Å². The number of carboxylic acids is 1. The molecule has 1 amide bonds. The second kappa shape index (κ2) is 6.17. The number of nitrogens with one attached hydrogen (secondary N) is 1. The van der Waals surface area contributed by atoms with Gasteiger partial charge in [0.25, 0.3) is 0 Å². The summed E-state index contributed by atoms with van der Waals surface area (Å²) in [7, 11) is 0. The Morgan fingerprint density at radius 3 is 2.69 bits per heavy atom. The topological polar surface area (TPSA) is 66.4 Å². The van der Waals surface area contributed by atoms with Crippen molar-refractivity contribution in [1.82, 2.24) is 5.32 Å². The molecule has 0 fully saturated rings. The van der Waals surface area contributed by atoms with Crippen LogP contribution >= 0.6 is 11.8 Å². The molecule has 1 rings (SSSR count). The van der Waals surface area contributed by atoms with Crippen LogP contribution in [0.1, 0.15) is 17.3 Å². The molecule has 0 aliphatic heterocycles. The Morgan fingerprint density at radius 2 is 2.06 bits per heavy atom. The zero-order valence-corrected chi connectivity index (χ0v) is 9.71. The van der Waals surface area contributed by atoms with E-state index in [1.807, 2.05) is 0 Å².